The van der Waals surface area contributed by atoms with Gasteiger partial charge in [-0.05, 0) is 54.1 Å². The van der Waals surface area contributed by atoms with Gasteiger partial charge in [-0.1, -0.05) is 29.8 Å². The average molecular weight is 536 g/mol. The van der Waals surface area contributed by atoms with Crippen LogP contribution in [0.25, 0.3) is 5.69 Å². The van der Waals surface area contributed by atoms with Crippen LogP contribution in [0.3, 0.4) is 0 Å². The van der Waals surface area contributed by atoms with Crippen LogP contribution < -0.4 is 15.6 Å². The molecule has 2 aromatic heterocycles. The number of halogens is 1. The lowest BCUT2D eigenvalue weighted by Gasteiger charge is -2.17. The largest absolute Gasteiger partial charge is 0.485 e. The van der Waals surface area contributed by atoms with E-state index in [1.807, 2.05) is 18.2 Å². The lowest BCUT2D eigenvalue weighted by Crippen LogP contribution is -2.24. The molecule has 3 heterocycles. The maximum atomic E-state index is 13.2. The van der Waals surface area contributed by atoms with Gasteiger partial charge >= 0.3 is 0 Å². The predicted molar refractivity (Wildman–Crippen MR) is 142 cm³/mol. The molecule has 1 aliphatic heterocycles. The minimum absolute atomic E-state index is 0.0282. The Kier molecular flexibility index (Phi) is 7.09. The number of anilines is 1. The van der Waals surface area contributed by atoms with Crippen molar-refractivity contribution in [3.8, 4) is 11.4 Å². The zero-order chi connectivity index (χ0) is 25.9. The summed E-state index contributed by atoms with van der Waals surface area (Å²) in [5.74, 6) is -0.265. The van der Waals surface area contributed by atoms with Crippen molar-refractivity contribution in [2.75, 3.05) is 18.5 Å². The fourth-order valence-corrected chi connectivity index (χ4v) is 5.16. The molecule has 0 atom stereocenters. The van der Waals surface area contributed by atoms with Crippen molar-refractivity contribution in [1.82, 2.24) is 9.47 Å². The minimum atomic E-state index is -0.342. The highest BCUT2D eigenvalue weighted by atomic mass is 35.5. The number of hydrogen-bond donors (Lipinski definition) is 2. The molecule has 8 nitrogen and oxygen atoms in total. The SMILES string of the molecule is O=C(Nc1cccc2c1CN(Cc1cccc(-n3cccc(OCCO)c3=O)c1)C2=O)c1ccc(Cl)s1. The van der Waals surface area contributed by atoms with Crippen LogP contribution >= 0.6 is 22.9 Å². The van der Waals surface area contributed by atoms with Crippen LogP contribution in [0.1, 0.15) is 31.2 Å². The van der Waals surface area contributed by atoms with Gasteiger partial charge in [-0.2, -0.15) is 0 Å². The van der Waals surface area contributed by atoms with Crippen LogP contribution in [-0.4, -0.2) is 39.6 Å². The number of aliphatic hydroxyl groups excluding tert-OH is 1. The smallest absolute Gasteiger partial charge is 0.297 e. The van der Waals surface area contributed by atoms with Crippen molar-refractivity contribution in [2.24, 2.45) is 0 Å². The summed E-state index contributed by atoms with van der Waals surface area (Å²) in [7, 11) is 0. The number of amides is 2. The summed E-state index contributed by atoms with van der Waals surface area (Å²) >= 11 is 7.15. The molecule has 0 spiro atoms. The zero-order valence-electron chi connectivity index (χ0n) is 19.5. The van der Waals surface area contributed by atoms with Crippen molar-refractivity contribution in [1.29, 1.82) is 0 Å². The van der Waals surface area contributed by atoms with E-state index in [2.05, 4.69) is 5.32 Å². The fourth-order valence-electron chi connectivity index (χ4n) is 4.22. The first-order valence-electron chi connectivity index (χ1n) is 11.5. The molecule has 10 heteroatoms. The van der Waals surface area contributed by atoms with Crippen LogP contribution in [0.15, 0.2) is 77.7 Å². The normalized spacial score (nSPS) is 12.5. The number of carbonyl (C=O) groups is 2. The molecule has 0 aliphatic carbocycles. The third-order valence-electron chi connectivity index (χ3n) is 5.91. The second-order valence-corrected chi connectivity index (χ2v) is 10.1. The van der Waals surface area contributed by atoms with Gasteiger partial charge in [-0.25, -0.2) is 0 Å². The van der Waals surface area contributed by atoms with E-state index >= 15 is 0 Å². The Balaban J connectivity index is 1.35. The first-order valence-corrected chi connectivity index (χ1v) is 12.7. The molecule has 2 amide bonds. The van der Waals surface area contributed by atoms with Crippen LogP contribution in [0.2, 0.25) is 4.34 Å². The number of aliphatic hydroxyl groups is 1. The second kappa shape index (κ2) is 10.6. The molecule has 0 saturated heterocycles. The van der Waals surface area contributed by atoms with Crippen molar-refractivity contribution in [3.63, 3.8) is 0 Å². The molecule has 37 heavy (non-hydrogen) atoms. The maximum absolute atomic E-state index is 13.2. The lowest BCUT2D eigenvalue weighted by atomic mass is 10.1. The lowest BCUT2D eigenvalue weighted by molar-refractivity contribution is 0.0766. The third kappa shape index (κ3) is 5.15. The van der Waals surface area contributed by atoms with Crippen LogP contribution in [0.5, 0.6) is 5.75 Å². The number of thiophene rings is 1. The van der Waals surface area contributed by atoms with E-state index in [-0.39, 0.29) is 36.3 Å². The Morgan fingerprint density at radius 1 is 1.08 bits per heavy atom. The van der Waals surface area contributed by atoms with Crippen LogP contribution in [-0.2, 0) is 13.1 Å². The predicted octanol–water partition coefficient (Wildman–Crippen LogP) is 4.33. The number of ether oxygens (including phenoxy) is 1. The Morgan fingerprint density at radius 3 is 2.70 bits per heavy atom. The molecule has 2 N–H and O–H groups in total. The number of rotatable bonds is 8. The van der Waals surface area contributed by atoms with Gasteiger partial charge in [0.2, 0.25) is 0 Å². The zero-order valence-corrected chi connectivity index (χ0v) is 21.1. The summed E-state index contributed by atoms with van der Waals surface area (Å²) < 4.78 is 7.32. The van der Waals surface area contributed by atoms with Gasteiger partial charge in [0.25, 0.3) is 17.4 Å². The Hall–Kier alpha value is -3.92. The minimum Gasteiger partial charge on any atom is -0.485 e. The quantitative estimate of drug-likeness (QED) is 0.350. The summed E-state index contributed by atoms with van der Waals surface area (Å²) in [5, 5.41) is 11.9. The Labute approximate surface area is 221 Å². The summed E-state index contributed by atoms with van der Waals surface area (Å²) in [6.07, 6.45) is 1.64. The Bertz CT molecular complexity index is 1550. The topological polar surface area (TPSA) is 101 Å². The summed E-state index contributed by atoms with van der Waals surface area (Å²) in [5.41, 5.74) is 3.01. The van der Waals surface area contributed by atoms with E-state index in [0.717, 1.165) is 11.1 Å². The van der Waals surface area contributed by atoms with Crippen LogP contribution in [0.4, 0.5) is 5.69 Å². The maximum Gasteiger partial charge on any atom is 0.297 e. The van der Waals surface area contributed by atoms with Gasteiger partial charge < -0.3 is 20.1 Å². The molecular weight excluding hydrogens is 514 g/mol. The number of nitrogens with zero attached hydrogens (tertiary/aromatic N) is 2. The number of benzene rings is 2. The van der Waals surface area contributed by atoms with Crippen LogP contribution in [0, 0.1) is 0 Å². The average Bonchev–Trinajstić information content (AvgIpc) is 3.47. The molecule has 4 aromatic rings. The van der Waals surface area contributed by atoms with E-state index in [1.54, 1.807) is 59.6 Å². The number of hydrogen-bond acceptors (Lipinski definition) is 6. The van der Waals surface area contributed by atoms with Crippen molar-refractivity contribution < 1.29 is 19.4 Å². The second-order valence-electron chi connectivity index (χ2n) is 8.34. The van der Waals surface area contributed by atoms with E-state index in [0.29, 0.717) is 39.2 Å². The molecular formula is C27H22ClN3O5S. The van der Waals surface area contributed by atoms with E-state index in [4.69, 9.17) is 21.4 Å². The first-order chi connectivity index (χ1) is 17.9. The fraction of sp³-hybridized carbons (Fsp3) is 0.148. The summed E-state index contributed by atoms with van der Waals surface area (Å²) in [6.45, 7) is 0.499. The molecule has 5 rings (SSSR count). The monoisotopic (exact) mass is 535 g/mol. The third-order valence-corrected chi connectivity index (χ3v) is 7.14. The van der Waals surface area contributed by atoms with Gasteiger partial charge in [0.05, 0.1) is 15.8 Å². The highest BCUT2D eigenvalue weighted by molar-refractivity contribution is 7.18. The van der Waals surface area contributed by atoms with Crippen molar-refractivity contribution >= 4 is 40.4 Å². The number of carbonyl (C=O) groups excluding carboxylic acids is 2. The number of pyridine rings is 1. The van der Waals surface area contributed by atoms with Gasteiger partial charge in [-0.3, -0.25) is 19.0 Å². The van der Waals surface area contributed by atoms with E-state index < -0.39 is 0 Å². The summed E-state index contributed by atoms with van der Waals surface area (Å²) in [4.78, 5) is 40.8. The first kappa shape index (κ1) is 24.8. The molecule has 0 fully saturated rings. The Morgan fingerprint density at radius 2 is 1.92 bits per heavy atom. The molecule has 188 valence electrons. The summed E-state index contributed by atoms with van der Waals surface area (Å²) in [6, 6.07) is 19.2. The molecule has 0 bridgehead atoms. The van der Waals surface area contributed by atoms with Crippen molar-refractivity contribution in [2.45, 2.75) is 13.1 Å². The van der Waals surface area contributed by atoms with Gasteiger partial charge in [-0.15, -0.1) is 11.3 Å². The number of fused-ring (bicyclic) bond motifs is 1. The standard InChI is InChI=1S/C27H22ClN3O5S/c28-24-10-9-23(37-24)25(33)29-21-7-2-6-19-20(21)16-30(26(19)34)15-17-4-1-5-18(14-17)31-11-3-8-22(27(31)35)36-13-12-32/h1-11,14,32H,12-13,15-16H2,(H,29,33). The molecule has 2 aromatic carbocycles. The van der Waals surface area contributed by atoms with E-state index in [1.165, 1.54) is 15.9 Å². The molecule has 0 unspecified atom stereocenters. The van der Waals surface area contributed by atoms with Gasteiger partial charge in [0.15, 0.2) is 5.75 Å². The molecule has 0 radical (unpaired) electrons. The van der Waals surface area contributed by atoms with Gasteiger partial charge in [0, 0.05) is 41.8 Å². The number of nitrogens with one attached hydrogen (secondary N) is 1. The molecule has 0 saturated carbocycles. The van der Waals surface area contributed by atoms with E-state index in [9.17, 15) is 14.4 Å². The van der Waals surface area contributed by atoms with Crippen molar-refractivity contribution in [3.05, 3.63) is 109 Å². The molecule has 1 aliphatic rings. The number of aromatic nitrogens is 1. The highest BCUT2D eigenvalue weighted by Gasteiger charge is 2.30. The highest BCUT2D eigenvalue weighted by Crippen LogP contribution is 2.31. The van der Waals surface area contributed by atoms with Gasteiger partial charge in [0.1, 0.15) is 6.61 Å².